The summed E-state index contributed by atoms with van der Waals surface area (Å²) in [5.41, 5.74) is 0.791. The molecule has 3 rings (SSSR count). The maximum Gasteiger partial charge on any atom is 0.227 e. The average molecular weight is 348 g/mol. The van der Waals surface area contributed by atoms with Crippen molar-refractivity contribution in [1.29, 1.82) is 0 Å². The van der Waals surface area contributed by atoms with Crippen molar-refractivity contribution in [2.24, 2.45) is 11.8 Å². The summed E-state index contributed by atoms with van der Waals surface area (Å²) in [6.07, 6.45) is 2.88. The molecule has 0 bridgehead atoms. The molecule has 2 aliphatic heterocycles. The Morgan fingerprint density at radius 3 is 2.76 bits per heavy atom. The molecule has 2 aliphatic rings. The van der Waals surface area contributed by atoms with Gasteiger partial charge >= 0.3 is 0 Å². The van der Waals surface area contributed by atoms with Crippen LogP contribution in [0.5, 0.6) is 0 Å². The third-order valence-corrected chi connectivity index (χ3v) is 5.00. The number of ether oxygens (including phenoxy) is 1. The predicted molar refractivity (Wildman–Crippen MR) is 91.3 cm³/mol. The van der Waals surface area contributed by atoms with Gasteiger partial charge < -0.3 is 15.0 Å². The average Bonchev–Trinajstić information content (AvgIpc) is 3.15. The number of carbonyl (C=O) groups excluding carboxylic acids is 2. The molecular weight excluding hydrogens is 323 g/mol. The Bertz CT molecular complexity index is 599. The second-order valence-corrected chi connectivity index (χ2v) is 6.96. The summed E-state index contributed by atoms with van der Waals surface area (Å²) >= 11 is 0. The van der Waals surface area contributed by atoms with Gasteiger partial charge in [-0.2, -0.15) is 0 Å². The highest BCUT2D eigenvalue weighted by Gasteiger charge is 2.29. The molecule has 0 saturated carbocycles. The minimum Gasteiger partial charge on any atom is -0.381 e. The maximum atomic E-state index is 13.0. The Labute approximate surface area is 147 Å². The van der Waals surface area contributed by atoms with E-state index in [2.05, 4.69) is 5.32 Å². The first-order chi connectivity index (χ1) is 12.1. The normalized spacial score (nSPS) is 23.5. The second-order valence-electron chi connectivity index (χ2n) is 6.96. The van der Waals surface area contributed by atoms with E-state index in [0.29, 0.717) is 32.2 Å². The summed E-state index contributed by atoms with van der Waals surface area (Å²) in [5.74, 6) is -0.0185. The first-order valence-corrected chi connectivity index (χ1v) is 8.99. The Kier molecular flexibility index (Phi) is 6.02. The minimum absolute atomic E-state index is 0.00620. The zero-order valence-corrected chi connectivity index (χ0v) is 14.4. The molecule has 0 aromatic heterocycles. The van der Waals surface area contributed by atoms with E-state index >= 15 is 0 Å². The summed E-state index contributed by atoms with van der Waals surface area (Å²) in [6.45, 7) is 3.29. The molecule has 136 valence electrons. The van der Waals surface area contributed by atoms with Crippen molar-refractivity contribution in [2.75, 3.05) is 32.8 Å². The standard InChI is InChI=1S/C19H25FN2O3/c20-17-5-3-14(4-6-17)10-18(23)22-8-1-2-16(12-22)19(24)21-11-15-7-9-25-13-15/h3-6,15-16H,1-2,7-13H2,(H,21,24)/t15-,16-/m0/s1. The first-order valence-electron chi connectivity index (χ1n) is 8.99. The lowest BCUT2D eigenvalue weighted by atomic mass is 9.96. The number of carbonyl (C=O) groups is 2. The number of piperidine rings is 1. The van der Waals surface area contributed by atoms with Crippen LogP contribution in [0.1, 0.15) is 24.8 Å². The van der Waals surface area contributed by atoms with Crippen molar-refractivity contribution < 1.29 is 18.7 Å². The van der Waals surface area contributed by atoms with Crippen LogP contribution in [0.2, 0.25) is 0 Å². The van der Waals surface area contributed by atoms with Crippen molar-refractivity contribution in [3.8, 4) is 0 Å². The van der Waals surface area contributed by atoms with Gasteiger partial charge in [0.05, 0.1) is 18.9 Å². The molecule has 5 nitrogen and oxygen atoms in total. The topological polar surface area (TPSA) is 58.6 Å². The van der Waals surface area contributed by atoms with Crippen LogP contribution in [0, 0.1) is 17.7 Å². The number of likely N-dealkylation sites (tertiary alicyclic amines) is 1. The number of halogens is 1. The van der Waals surface area contributed by atoms with Crippen molar-refractivity contribution in [3.63, 3.8) is 0 Å². The molecule has 0 aliphatic carbocycles. The van der Waals surface area contributed by atoms with Gasteiger partial charge in [0.2, 0.25) is 11.8 Å². The van der Waals surface area contributed by atoms with Crippen LogP contribution in [-0.2, 0) is 20.7 Å². The van der Waals surface area contributed by atoms with E-state index in [1.807, 2.05) is 0 Å². The number of benzene rings is 1. The van der Waals surface area contributed by atoms with E-state index in [0.717, 1.165) is 31.4 Å². The summed E-state index contributed by atoms with van der Waals surface area (Å²) < 4.78 is 18.3. The lowest BCUT2D eigenvalue weighted by Crippen LogP contribution is -2.46. The molecule has 6 heteroatoms. The molecule has 2 heterocycles. The quantitative estimate of drug-likeness (QED) is 0.882. The number of nitrogens with one attached hydrogen (secondary N) is 1. The highest BCUT2D eigenvalue weighted by Crippen LogP contribution is 2.19. The molecule has 2 atom stereocenters. The zero-order chi connectivity index (χ0) is 17.6. The van der Waals surface area contributed by atoms with Gasteiger partial charge in [-0.05, 0) is 37.0 Å². The van der Waals surface area contributed by atoms with Gasteiger partial charge in [-0.25, -0.2) is 4.39 Å². The third kappa shape index (κ3) is 5.01. The van der Waals surface area contributed by atoms with E-state index in [1.54, 1.807) is 17.0 Å². The molecule has 25 heavy (non-hydrogen) atoms. The van der Waals surface area contributed by atoms with Crippen LogP contribution in [0.15, 0.2) is 24.3 Å². The zero-order valence-electron chi connectivity index (χ0n) is 14.4. The summed E-state index contributed by atoms with van der Waals surface area (Å²) in [6, 6.07) is 5.99. The molecular formula is C19H25FN2O3. The lowest BCUT2D eigenvalue weighted by molar-refractivity contribution is -0.135. The molecule has 1 aromatic carbocycles. The third-order valence-electron chi connectivity index (χ3n) is 5.00. The van der Waals surface area contributed by atoms with Gasteiger partial charge in [0, 0.05) is 32.2 Å². The summed E-state index contributed by atoms with van der Waals surface area (Å²) in [5, 5.41) is 3.01. The van der Waals surface area contributed by atoms with E-state index in [1.165, 1.54) is 12.1 Å². The summed E-state index contributed by atoms with van der Waals surface area (Å²) in [4.78, 5) is 26.6. The van der Waals surface area contributed by atoms with Crippen molar-refractivity contribution >= 4 is 11.8 Å². The molecule has 2 fully saturated rings. The predicted octanol–water partition coefficient (Wildman–Crippen LogP) is 1.76. The highest BCUT2D eigenvalue weighted by molar-refractivity contribution is 5.82. The summed E-state index contributed by atoms with van der Waals surface area (Å²) in [7, 11) is 0. The van der Waals surface area contributed by atoms with Crippen molar-refractivity contribution in [1.82, 2.24) is 10.2 Å². The molecule has 1 aromatic rings. The van der Waals surface area contributed by atoms with Gasteiger partial charge in [0.15, 0.2) is 0 Å². The number of amides is 2. The van der Waals surface area contributed by atoms with E-state index in [4.69, 9.17) is 4.74 Å². The SMILES string of the molecule is O=C(NC[C@@H]1CCOC1)[C@H]1CCCN(C(=O)Cc2ccc(F)cc2)C1. The second kappa shape index (κ2) is 8.43. The number of hydrogen-bond acceptors (Lipinski definition) is 3. The van der Waals surface area contributed by atoms with Crippen molar-refractivity contribution in [2.45, 2.75) is 25.7 Å². The molecule has 2 saturated heterocycles. The molecule has 1 N–H and O–H groups in total. The van der Waals surface area contributed by atoms with Gasteiger partial charge in [-0.3, -0.25) is 9.59 Å². The number of nitrogens with zero attached hydrogens (tertiary/aromatic N) is 1. The van der Waals surface area contributed by atoms with Crippen LogP contribution < -0.4 is 5.32 Å². The smallest absolute Gasteiger partial charge is 0.227 e. The van der Waals surface area contributed by atoms with E-state index in [-0.39, 0.29) is 30.0 Å². The first kappa shape index (κ1) is 17.9. The number of hydrogen-bond donors (Lipinski definition) is 1. The van der Waals surface area contributed by atoms with E-state index < -0.39 is 0 Å². The lowest BCUT2D eigenvalue weighted by Gasteiger charge is -2.32. The fraction of sp³-hybridized carbons (Fsp3) is 0.579. The minimum atomic E-state index is -0.307. The highest BCUT2D eigenvalue weighted by atomic mass is 19.1. The molecule has 0 radical (unpaired) electrons. The van der Waals surface area contributed by atoms with Crippen LogP contribution >= 0.6 is 0 Å². The fourth-order valence-corrected chi connectivity index (χ4v) is 3.44. The van der Waals surface area contributed by atoms with Gasteiger partial charge in [-0.15, -0.1) is 0 Å². The van der Waals surface area contributed by atoms with Crippen LogP contribution in [-0.4, -0.2) is 49.6 Å². The Morgan fingerprint density at radius 1 is 1.24 bits per heavy atom. The fourth-order valence-electron chi connectivity index (χ4n) is 3.44. The molecule has 0 unspecified atom stereocenters. The van der Waals surface area contributed by atoms with E-state index in [9.17, 15) is 14.0 Å². The maximum absolute atomic E-state index is 13.0. The van der Waals surface area contributed by atoms with Crippen LogP contribution in [0.4, 0.5) is 4.39 Å². The van der Waals surface area contributed by atoms with Crippen molar-refractivity contribution in [3.05, 3.63) is 35.6 Å². The Balaban J connectivity index is 1.48. The van der Waals surface area contributed by atoms with Crippen LogP contribution in [0.25, 0.3) is 0 Å². The Hall–Kier alpha value is -1.95. The van der Waals surface area contributed by atoms with Gasteiger partial charge in [0.25, 0.3) is 0 Å². The van der Waals surface area contributed by atoms with Gasteiger partial charge in [0.1, 0.15) is 5.82 Å². The monoisotopic (exact) mass is 348 g/mol. The Morgan fingerprint density at radius 2 is 2.04 bits per heavy atom. The van der Waals surface area contributed by atoms with Crippen LogP contribution in [0.3, 0.4) is 0 Å². The largest absolute Gasteiger partial charge is 0.381 e. The molecule has 2 amide bonds. The molecule has 0 spiro atoms. The van der Waals surface area contributed by atoms with Gasteiger partial charge in [-0.1, -0.05) is 12.1 Å². The number of rotatable bonds is 5.